The zero-order valence-corrected chi connectivity index (χ0v) is 19.9. The van der Waals surface area contributed by atoms with Gasteiger partial charge in [-0.25, -0.2) is 9.69 Å². The number of benzene rings is 2. The van der Waals surface area contributed by atoms with Crippen LogP contribution in [0.3, 0.4) is 0 Å². The van der Waals surface area contributed by atoms with Crippen LogP contribution in [0.25, 0.3) is 6.08 Å². The van der Waals surface area contributed by atoms with Gasteiger partial charge in [0.1, 0.15) is 5.57 Å². The zero-order chi connectivity index (χ0) is 23.9. The molecule has 4 amide bonds. The van der Waals surface area contributed by atoms with Gasteiger partial charge in [0.15, 0.2) is 0 Å². The summed E-state index contributed by atoms with van der Waals surface area (Å²) < 4.78 is 0. The van der Waals surface area contributed by atoms with Gasteiger partial charge in [-0.05, 0) is 80.5 Å². The van der Waals surface area contributed by atoms with Crippen LogP contribution >= 0.6 is 0 Å². The number of para-hydroxylation sites is 1. The van der Waals surface area contributed by atoms with E-state index in [9.17, 15) is 14.4 Å². The van der Waals surface area contributed by atoms with Gasteiger partial charge in [0.2, 0.25) is 0 Å². The Labute approximate surface area is 195 Å². The molecular formula is C27H31N3O3. The van der Waals surface area contributed by atoms with Crippen LogP contribution in [0, 0.1) is 6.92 Å². The molecule has 1 atom stereocenters. The summed E-state index contributed by atoms with van der Waals surface area (Å²) in [4.78, 5) is 41.8. The summed E-state index contributed by atoms with van der Waals surface area (Å²) in [6.07, 6.45) is 3.67. The molecule has 0 saturated carbocycles. The van der Waals surface area contributed by atoms with Crippen LogP contribution in [0.15, 0.2) is 48.0 Å². The molecule has 6 heteroatoms. The Morgan fingerprint density at radius 1 is 1.09 bits per heavy atom. The molecule has 0 bridgehead atoms. The highest BCUT2D eigenvalue weighted by Gasteiger charge is 2.38. The summed E-state index contributed by atoms with van der Waals surface area (Å²) >= 11 is 0. The minimum absolute atomic E-state index is 0.0491. The predicted molar refractivity (Wildman–Crippen MR) is 131 cm³/mol. The highest BCUT2D eigenvalue weighted by atomic mass is 16.2. The number of rotatable bonds is 4. The zero-order valence-electron chi connectivity index (χ0n) is 19.9. The number of hydrogen-bond donors (Lipinski definition) is 1. The van der Waals surface area contributed by atoms with Gasteiger partial charge >= 0.3 is 6.03 Å². The third kappa shape index (κ3) is 4.06. The Morgan fingerprint density at radius 3 is 2.52 bits per heavy atom. The molecule has 172 valence electrons. The number of carbonyl (C=O) groups excluding carboxylic acids is 3. The second kappa shape index (κ2) is 8.50. The van der Waals surface area contributed by atoms with E-state index in [0.717, 1.165) is 35.4 Å². The van der Waals surface area contributed by atoms with Crippen LogP contribution in [-0.4, -0.2) is 29.9 Å². The lowest BCUT2D eigenvalue weighted by molar-refractivity contribution is -0.122. The third-order valence-electron chi connectivity index (χ3n) is 6.63. The molecule has 1 fully saturated rings. The summed E-state index contributed by atoms with van der Waals surface area (Å²) in [5.41, 5.74) is 4.45. The highest BCUT2D eigenvalue weighted by Crippen LogP contribution is 2.43. The van der Waals surface area contributed by atoms with Crippen LogP contribution in [0.5, 0.6) is 0 Å². The van der Waals surface area contributed by atoms with Gasteiger partial charge in [-0.1, -0.05) is 38.1 Å². The minimum atomic E-state index is -0.729. The lowest BCUT2D eigenvalue weighted by atomic mass is 9.79. The van der Waals surface area contributed by atoms with Gasteiger partial charge in [0, 0.05) is 17.8 Å². The van der Waals surface area contributed by atoms with Crippen LogP contribution < -0.4 is 15.1 Å². The summed E-state index contributed by atoms with van der Waals surface area (Å²) in [5.74, 6) is -0.936. The van der Waals surface area contributed by atoms with Gasteiger partial charge in [0.25, 0.3) is 11.8 Å². The Bertz CT molecular complexity index is 1160. The van der Waals surface area contributed by atoms with Crippen molar-refractivity contribution >= 4 is 35.3 Å². The number of aryl methyl sites for hydroxylation is 1. The normalized spacial score (nSPS) is 21.3. The first-order chi connectivity index (χ1) is 15.6. The second-order valence-corrected chi connectivity index (χ2v) is 9.63. The fraction of sp³-hybridized carbons (Fsp3) is 0.370. The maximum absolute atomic E-state index is 13.2. The number of urea groups is 1. The Balaban J connectivity index is 1.74. The number of hydrogen-bond acceptors (Lipinski definition) is 4. The molecule has 1 saturated heterocycles. The van der Waals surface area contributed by atoms with E-state index in [1.165, 1.54) is 11.3 Å². The second-order valence-electron chi connectivity index (χ2n) is 9.63. The molecule has 0 spiro atoms. The lowest BCUT2D eigenvalue weighted by Crippen LogP contribution is -2.54. The van der Waals surface area contributed by atoms with Crippen LogP contribution in [0.4, 0.5) is 16.2 Å². The lowest BCUT2D eigenvalue weighted by Gasteiger charge is -2.47. The molecule has 1 unspecified atom stereocenters. The smallest absolute Gasteiger partial charge is 0.335 e. The Hall–Kier alpha value is -3.41. The number of imide groups is 2. The topological polar surface area (TPSA) is 69.7 Å². The fourth-order valence-electron chi connectivity index (χ4n) is 5.10. The van der Waals surface area contributed by atoms with E-state index >= 15 is 0 Å². The molecule has 0 aromatic heterocycles. The molecule has 2 aromatic carbocycles. The van der Waals surface area contributed by atoms with Gasteiger partial charge < -0.3 is 4.90 Å². The molecule has 0 radical (unpaired) electrons. The van der Waals surface area contributed by atoms with Crippen molar-refractivity contribution in [2.45, 2.75) is 58.9 Å². The molecule has 0 aliphatic carbocycles. The largest absolute Gasteiger partial charge is 0.366 e. The van der Waals surface area contributed by atoms with Crippen molar-refractivity contribution < 1.29 is 14.4 Å². The number of anilines is 2. The summed E-state index contributed by atoms with van der Waals surface area (Å²) in [7, 11) is 0. The molecule has 4 rings (SSSR count). The first-order valence-electron chi connectivity index (χ1n) is 11.5. The quantitative estimate of drug-likeness (QED) is 0.521. The van der Waals surface area contributed by atoms with E-state index < -0.39 is 17.8 Å². The molecule has 1 N–H and O–H groups in total. The average molecular weight is 446 g/mol. The number of amides is 4. The third-order valence-corrected chi connectivity index (χ3v) is 6.63. The van der Waals surface area contributed by atoms with Gasteiger partial charge in [-0.2, -0.15) is 0 Å². The first-order valence-corrected chi connectivity index (χ1v) is 11.5. The minimum Gasteiger partial charge on any atom is -0.366 e. The van der Waals surface area contributed by atoms with E-state index in [-0.39, 0.29) is 11.1 Å². The average Bonchev–Trinajstić information content (AvgIpc) is 2.75. The monoisotopic (exact) mass is 445 g/mol. The van der Waals surface area contributed by atoms with Crippen LogP contribution in [0.1, 0.15) is 63.1 Å². The number of barbiturate groups is 1. The van der Waals surface area contributed by atoms with Crippen LogP contribution in [0.2, 0.25) is 0 Å². The molecule has 33 heavy (non-hydrogen) atoms. The van der Waals surface area contributed by atoms with E-state index in [1.807, 2.05) is 25.1 Å². The molecule has 2 heterocycles. The molecular weight excluding hydrogens is 414 g/mol. The number of fused-ring (bicyclic) bond motifs is 1. The summed E-state index contributed by atoms with van der Waals surface area (Å²) in [6, 6.07) is 12.5. The molecule has 6 nitrogen and oxygen atoms in total. The summed E-state index contributed by atoms with van der Waals surface area (Å²) in [6.45, 7) is 11.8. The molecule has 2 aliphatic heterocycles. The maximum Gasteiger partial charge on any atom is 0.335 e. The summed E-state index contributed by atoms with van der Waals surface area (Å²) in [5, 5.41) is 2.31. The number of nitrogens with zero attached hydrogens (tertiary/aromatic N) is 2. The standard InChI is InChI=1S/C27H31N3O3/c1-6-13-29-23-12-11-19(14-20(23)18(3)16-27(29,4)5)15-21-24(31)28-26(33)30(25(21)32)22-10-8-7-9-17(22)2/h7-12,14-15,18H,6,13,16H2,1-5H3,(H,28,31,33)/b21-15-. The van der Waals surface area contributed by atoms with E-state index in [0.29, 0.717) is 11.6 Å². The van der Waals surface area contributed by atoms with E-state index in [4.69, 9.17) is 0 Å². The van der Waals surface area contributed by atoms with Gasteiger partial charge in [-0.3, -0.25) is 14.9 Å². The fourth-order valence-corrected chi connectivity index (χ4v) is 5.10. The maximum atomic E-state index is 13.2. The van der Waals surface area contributed by atoms with Crippen molar-refractivity contribution in [1.29, 1.82) is 0 Å². The molecule has 2 aromatic rings. The molecule has 2 aliphatic rings. The Morgan fingerprint density at radius 2 is 1.82 bits per heavy atom. The number of nitrogens with one attached hydrogen (secondary N) is 1. The highest BCUT2D eigenvalue weighted by molar-refractivity contribution is 6.39. The first kappa shape index (κ1) is 22.8. The van der Waals surface area contributed by atoms with Crippen LogP contribution in [-0.2, 0) is 9.59 Å². The van der Waals surface area contributed by atoms with E-state index in [2.05, 4.69) is 50.0 Å². The van der Waals surface area contributed by atoms with E-state index in [1.54, 1.807) is 18.2 Å². The van der Waals surface area contributed by atoms with Gasteiger partial charge in [-0.15, -0.1) is 0 Å². The predicted octanol–water partition coefficient (Wildman–Crippen LogP) is 5.16. The van der Waals surface area contributed by atoms with Crippen molar-refractivity contribution in [2.75, 3.05) is 16.3 Å². The van der Waals surface area contributed by atoms with Crippen molar-refractivity contribution in [3.63, 3.8) is 0 Å². The van der Waals surface area contributed by atoms with Crippen molar-refractivity contribution in [2.24, 2.45) is 0 Å². The number of carbonyl (C=O) groups is 3. The van der Waals surface area contributed by atoms with Crippen molar-refractivity contribution in [3.05, 3.63) is 64.7 Å². The van der Waals surface area contributed by atoms with Crippen molar-refractivity contribution in [1.82, 2.24) is 5.32 Å². The SMILES string of the molecule is CCCN1c2ccc(/C=C3/C(=O)NC(=O)N(c4ccccc4C)C3=O)cc2C(C)CC1(C)C. The van der Waals surface area contributed by atoms with Gasteiger partial charge in [0.05, 0.1) is 5.69 Å². The van der Waals surface area contributed by atoms with Crippen molar-refractivity contribution in [3.8, 4) is 0 Å². The Kier molecular flexibility index (Phi) is 5.87.